The number of hydrogen-bond acceptors (Lipinski definition) is 12. The molecule has 0 saturated heterocycles. The molecular formula is C38H51N7O13. The SMILES string of the molecule is C[C@H](NC(=O)c1ccccn1)C(=O)N[C@H](CCC(=O)N[C@@H](CCCCNC(=O)CCC(=O)O[C@@H](C(=O)O)[C@@H](NC(=O)OC(C)(C)C)c1ccccc1)C(=O)O)C(N)=O. The molecule has 6 amide bonds. The Morgan fingerprint density at radius 3 is 2.02 bits per heavy atom. The van der Waals surface area contributed by atoms with Gasteiger partial charge in [-0.15, -0.1) is 0 Å². The van der Waals surface area contributed by atoms with Crippen LogP contribution in [0.15, 0.2) is 54.7 Å². The molecule has 1 aromatic carbocycles. The summed E-state index contributed by atoms with van der Waals surface area (Å²) in [6.45, 7) is 6.32. The van der Waals surface area contributed by atoms with Crippen LogP contribution in [0.1, 0.15) is 94.7 Å². The van der Waals surface area contributed by atoms with Crippen molar-refractivity contribution in [2.45, 2.75) is 109 Å². The minimum Gasteiger partial charge on any atom is -0.480 e. The Balaban J connectivity index is 1.78. The number of nitrogens with zero attached hydrogens (tertiary/aromatic N) is 1. The van der Waals surface area contributed by atoms with Gasteiger partial charge < -0.3 is 52.0 Å². The van der Waals surface area contributed by atoms with E-state index in [4.69, 9.17) is 15.2 Å². The maximum absolute atomic E-state index is 12.6. The summed E-state index contributed by atoms with van der Waals surface area (Å²) in [6, 6.07) is 7.58. The topological polar surface area (TPSA) is 312 Å². The van der Waals surface area contributed by atoms with Gasteiger partial charge in [-0.05, 0) is 71.1 Å². The van der Waals surface area contributed by atoms with Gasteiger partial charge in [0, 0.05) is 25.6 Å². The van der Waals surface area contributed by atoms with E-state index in [1.54, 1.807) is 51.1 Å². The van der Waals surface area contributed by atoms with E-state index in [1.807, 2.05) is 0 Å². The molecule has 0 radical (unpaired) electrons. The monoisotopic (exact) mass is 813 g/mol. The molecule has 1 aromatic heterocycles. The second-order valence-corrected chi connectivity index (χ2v) is 14.0. The van der Waals surface area contributed by atoms with Crippen LogP contribution in [0.5, 0.6) is 0 Å². The van der Waals surface area contributed by atoms with Gasteiger partial charge in [0.15, 0.2) is 0 Å². The van der Waals surface area contributed by atoms with Crippen LogP contribution in [0.3, 0.4) is 0 Å². The highest BCUT2D eigenvalue weighted by Crippen LogP contribution is 2.22. The van der Waals surface area contributed by atoms with Crippen molar-refractivity contribution in [3.8, 4) is 0 Å². The number of nitrogens with two attached hydrogens (primary N) is 1. The van der Waals surface area contributed by atoms with Crippen LogP contribution >= 0.6 is 0 Å². The molecular weight excluding hydrogens is 762 g/mol. The number of carboxylic acid groups (broad SMARTS) is 2. The van der Waals surface area contributed by atoms with Crippen LogP contribution in [-0.4, -0.2) is 105 Å². The average molecular weight is 814 g/mol. The number of ether oxygens (including phenoxy) is 2. The number of hydrogen-bond donors (Lipinski definition) is 8. The van der Waals surface area contributed by atoms with E-state index in [9.17, 15) is 53.4 Å². The van der Waals surface area contributed by atoms with E-state index in [-0.39, 0.29) is 50.8 Å². The third-order valence-corrected chi connectivity index (χ3v) is 8.03. The lowest BCUT2D eigenvalue weighted by Gasteiger charge is -2.27. The molecule has 0 aliphatic carbocycles. The first kappa shape index (κ1) is 47.6. The van der Waals surface area contributed by atoms with Crippen LogP contribution in [-0.2, 0) is 43.0 Å². The number of primary amides is 1. The van der Waals surface area contributed by atoms with Crippen molar-refractivity contribution in [3.05, 3.63) is 66.0 Å². The Bertz CT molecular complexity index is 1750. The largest absolute Gasteiger partial charge is 0.480 e. The highest BCUT2D eigenvalue weighted by atomic mass is 16.6. The zero-order valence-electron chi connectivity index (χ0n) is 32.6. The van der Waals surface area contributed by atoms with Crippen LogP contribution in [0.4, 0.5) is 4.79 Å². The van der Waals surface area contributed by atoms with E-state index in [0.29, 0.717) is 5.56 Å². The van der Waals surface area contributed by atoms with Crippen molar-refractivity contribution in [2.75, 3.05) is 6.54 Å². The van der Waals surface area contributed by atoms with Crippen LogP contribution in [0.2, 0.25) is 0 Å². The first-order valence-electron chi connectivity index (χ1n) is 18.3. The highest BCUT2D eigenvalue weighted by molar-refractivity contribution is 5.97. The van der Waals surface area contributed by atoms with E-state index in [1.165, 1.54) is 31.3 Å². The van der Waals surface area contributed by atoms with Crippen molar-refractivity contribution < 1.29 is 62.8 Å². The number of aliphatic carboxylic acids is 2. The number of alkyl carbamates (subject to hydrolysis) is 1. The number of carbonyl (C=O) groups is 9. The number of nitrogens with one attached hydrogen (secondary N) is 5. The van der Waals surface area contributed by atoms with Crippen molar-refractivity contribution in [1.29, 1.82) is 0 Å². The molecule has 20 heteroatoms. The normalized spacial score (nSPS) is 13.5. The third-order valence-electron chi connectivity index (χ3n) is 8.03. The number of aromatic nitrogens is 1. The summed E-state index contributed by atoms with van der Waals surface area (Å²) < 4.78 is 10.4. The fourth-order valence-electron chi connectivity index (χ4n) is 5.11. The molecule has 316 valence electrons. The van der Waals surface area contributed by atoms with Gasteiger partial charge >= 0.3 is 24.0 Å². The first-order chi connectivity index (χ1) is 27.3. The lowest BCUT2D eigenvalue weighted by molar-refractivity contribution is -0.166. The number of carboxylic acids is 2. The second kappa shape index (κ2) is 23.5. The Labute approximate surface area is 334 Å². The summed E-state index contributed by atoms with van der Waals surface area (Å²) in [4.78, 5) is 115. The maximum atomic E-state index is 12.6. The maximum Gasteiger partial charge on any atom is 0.408 e. The molecule has 20 nitrogen and oxygen atoms in total. The Kier molecular flexibility index (Phi) is 19.2. The molecule has 5 atom stereocenters. The third kappa shape index (κ3) is 17.9. The zero-order chi connectivity index (χ0) is 43.4. The molecule has 0 saturated carbocycles. The Hall–Kier alpha value is -6.60. The van der Waals surface area contributed by atoms with Crippen LogP contribution < -0.4 is 32.3 Å². The number of esters is 1. The van der Waals surface area contributed by atoms with Gasteiger partial charge in [0.25, 0.3) is 5.91 Å². The van der Waals surface area contributed by atoms with Gasteiger partial charge in [0.1, 0.15) is 35.5 Å². The number of benzene rings is 1. The first-order valence-corrected chi connectivity index (χ1v) is 18.3. The lowest BCUT2D eigenvalue weighted by atomic mass is 10.0. The van der Waals surface area contributed by atoms with E-state index < -0.39 is 95.8 Å². The molecule has 0 spiro atoms. The van der Waals surface area contributed by atoms with Gasteiger partial charge in [-0.25, -0.2) is 14.4 Å². The second-order valence-electron chi connectivity index (χ2n) is 14.0. The molecule has 9 N–H and O–H groups in total. The standard InChI is InChI=1S/C38H51N7O13/c1-22(42-34(51)25-14-8-10-20-40-25)33(50)44-24(32(39)49)16-17-28(47)43-26(35(52)53)15-9-11-21-41-27(46)18-19-29(48)57-31(36(54)55)30(23-12-6-5-7-13-23)45-37(56)58-38(2,3)4/h5-8,10,12-14,20,22,24,26,30-31H,9,11,15-19,21H2,1-4H3,(H2,39,49)(H,41,46)(H,42,51)(H,43,47)(H,44,50)(H,45,56)(H,52,53)(H,54,55)/t22-,24+,26-,30-,31+/m0/s1. The minimum absolute atomic E-state index is 0.0246. The summed E-state index contributed by atoms with van der Waals surface area (Å²) in [6.07, 6.45) is -2.36. The molecule has 58 heavy (non-hydrogen) atoms. The fourth-order valence-corrected chi connectivity index (χ4v) is 5.11. The smallest absolute Gasteiger partial charge is 0.408 e. The summed E-state index contributed by atoms with van der Waals surface area (Å²) >= 11 is 0. The van der Waals surface area contributed by atoms with Crippen molar-refractivity contribution in [2.24, 2.45) is 5.73 Å². The lowest BCUT2D eigenvalue weighted by Crippen LogP contribution is -2.52. The van der Waals surface area contributed by atoms with Gasteiger partial charge in [-0.3, -0.25) is 33.8 Å². The average Bonchev–Trinajstić information content (AvgIpc) is 3.15. The van der Waals surface area contributed by atoms with Gasteiger partial charge in [-0.1, -0.05) is 36.4 Å². The minimum atomic E-state index is -1.86. The fraction of sp³-hybridized carbons (Fsp3) is 0.474. The number of amides is 6. The summed E-state index contributed by atoms with van der Waals surface area (Å²) in [5.74, 6) is -7.53. The molecule has 1 heterocycles. The van der Waals surface area contributed by atoms with E-state index in [0.717, 1.165) is 0 Å². The van der Waals surface area contributed by atoms with Crippen LogP contribution in [0, 0.1) is 0 Å². The predicted molar refractivity (Wildman–Crippen MR) is 203 cm³/mol. The molecule has 0 unspecified atom stereocenters. The van der Waals surface area contributed by atoms with Gasteiger partial charge in [-0.2, -0.15) is 0 Å². The number of unbranched alkanes of at least 4 members (excludes halogenated alkanes) is 1. The zero-order valence-corrected chi connectivity index (χ0v) is 32.6. The highest BCUT2D eigenvalue weighted by Gasteiger charge is 2.36. The Morgan fingerprint density at radius 1 is 0.759 bits per heavy atom. The molecule has 0 aliphatic rings. The van der Waals surface area contributed by atoms with Gasteiger partial charge in [0.05, 0.1) is 6.42 Å². The number of carbonyl (C=O) groups excluding carboxylic acids is 7. The van der Waals surface area contributed by atoms with Crippen LogP contribution in [0.25, 0.3) is 0 Å². The molecule has 2 aromatic rings. The summed E-state index contributed by atoms with van der Waals surface area (Å²) in [7, 11) is 0. The molecule has 0 bridgehead atoms. The van der Waals surface area contributed by atoms with Crippen molar-refractivity contribution in [3.63, 3.8) is 0 Å². The Morgan fingerprint density at radius 2 is 1.43 bits per heavy atom. The number of pyridine rings is 1. The van der Waals surface area contributed by atoms with Gasteiger partial charge in [0.2, 0.25) is 29.7 Å². The summed E-state index contributed by atoms with van der Waals surface area (Å²) in [5, 5.41) is 31.6. The van der Waals surface area contributed by atoms with Crippen molar-refractivity contribution >= 4 is 53.5 Å². The molecule has 0 aliphatic heterocycles. The number of rotatable bonds is 23. The van der Waals surface area contributed by atoms with E-state index >= 15 is 0 Å². The van der Waals surface area contributed by atoms with Crippen molar-refractivity contribution in [1.82, 2.24) is 31.6 Å². The summed E-state index contributed by atoms with van der Waals surface area (Å²) in [5.41, 5.74) is 4.88. The quantitative estimate of drug-likeness (QED) is 0.0570. The molecule has 2 rings (SSSR count). The predicted octanol–water partition coefficient (Wildman–Crippen LogP) is 0.849. The van der Waals surface area contributed by atoms with E-state index in [2.05, 4.69) is 31.6 Å². The molecule has 0 fully saturated rings.